The third kappa shape index (κ3) is 2.95. The van der Waals surface area contributed by atoms with Crippen molar-refractivity contribution in [1.82, 2.24) is 9.97 Å². The molecular weight excluding hydrogens is 250 g/mol. The van der Waals surface area contributed by atoms with E-state index in [1.807, 2.05) is 0 Å². The number of halogens is 1. The second kappa shape index (κ2) is 4.90. The van der Waals surface area contributed by atoms with Crippen LogP contribution in [0.4, 0.5) is 5.82 Å². The van der Waals surface area contributed by atoms with Gasteiger partial charge in [0.2, 0.25) is 0 Å². The second-order valence-electron chi connectivity index (χ2n) is 2.61. The van der Waals surface area contributed by atoms with Gasteiger partial charge >= 0.3 is 5.97 Å². The Morgan fingerprint density at radius 1 is 1.57 bits per heavy atom. The third-order valence-corrected chi connectivity index (χ3v) is 1.95. The van der Waals surface area contributed by atoms with E-state index in [4.69, 9.17) is 0 Å². The van der Waals surface area contributed by atoms with Gasteiger partial charge in [-0.15, -0.1) is 0 Å². The van der Waals surface area contributed by atoms with Crippen LogP contribution in [0, 0.1) is 0 Å². The Bertz CT molecular complexity index is 315. The van der Waals surface area contributed by atoms with Crippen LogP contribution in [0.15, 0.2) is 17.0 Å². The summed E-state index contributed by atoms with van der Waals surface area (Å²) in [6.45, 7) is 1.69. The van der Waals surface area contributed by atoms with Crippen molar-refractivity contribution >= 4 is 27.7 Å². The topological polar surface area (TPSA) is 64.1 Å². The highest BCUT2D eigenvalue weighted by molar-refractivity contribution is 9.10. The van der Waals surface area contributed by atoms with Crippen molar-refractivity contribution in [3.8, 4) is 0 Å². The SMILES string of the molecule is COC(=O)C(C)Nc1cnc(Br)cn1. The van der Waals surface area contributed by atoms with Crippen molar-refractivity contribution in [3.63, 3.8) is 0 Å². The lowest BCUT2D eigenvalue weighted by atomic mass is 10.3. The molecule has 0 saturated heterocycles. The normalized spacial score (nSPS) is 11.9. The van der Waals surface area contributed by atoms with E-state index >= 15 is 0 Å². The van der Waals surface area contributed by atoms with Crippen molar-refractivity contribution < 1.29 is 9.53 Å². The van der Waals surface area contributed by atoms with Gasteiger partial charge in [-0.1, -0.05) is 0 Å². The number of carbonyl (C=O) groups is 1. The first-order valence-electron chi connectivity index (χ1n) is 3.95. The van der Waals surface area contributed by atoms with Crippen LogP contribution in [0.25, 0.3) is 0 Å². The molecule has 0 saturated carbocycles. The van der Waals surface area contributed by atoms with Gasteiger partial charge in [0.25, 0.3) is 0 Å². The fraction of sp³-hybridized carbons (Fsp3) is 0.375. The van der Waals surface area contributed by atoms with Gasteiger partial charge in [0.15, 0.2) is 0 Å². The van der Waals surface area contributed by atoms with E-state index in [0.29, 0.717) is 10.4 Å². The molecule has 0 aliphatic heterocycles. The average molecular weight is 260 g/mol. The number of nitrogens with one attached hydrogen (secondary N) is 1. The molecule has 1 N–H and O–H groups in total. The van der Waals surface area contributed by atoms with Gasteiger partial charge < -0.3 is 10.1 Å². The van der Waals surface area contributed by atoms with E-state index in [1.54, 1.807) is 13.1 Å². The first-order chi connectivity index (χ1) is 6.63. The third-order valence-electron chi connectivity index (χ3n) is 1.54. The van der Waals surface area contributed by atoms with Crippen molar-refractivity contribution in [3.05, 3.63) is 17.0 Å². The highest BCUT2D eigenvalue weighted by Crippen LogP contribution is 2.07. The Morgan fingerprint density at radius 3 is 2.79 bits per heavy atom. The van der Waals surface area contributed by atoms with Gasteiger partial charge in [-0.25, -0.2) is 14.8 Å². The minimum Gasteiger partial charge on any atom is -0.467 e. The van der Waals surface area contributed by atoms with Crippen LogP contribution in [-0.4, -0.2) is 29.1 Å². The molecule has 76 valence electrons. The first kappa shape index (κ1) is 10.9. The maximum atomic E-state index is 11.0. The Hall–Kier alpha value is -1.17. The molecule has 14 heavy (non-hydrogen) atoms. The largest absolute Gasteiger partial charge is 0.467 e. The summed E-state index contributed by atoms with van der Waals surface area (Å²) in [6, 6.07) is -0.435. The smallest absolute Gasteiger partial charge is 0.328 e. The minimum atomic E-state index is -0.435. The number of rotatable bonds is 3. The van der Waals surface area contributed by atoms with Crippen molar-refractivity contribution in [1.29, 1.82) is 0 Å². The summed E-state index contributed by atoms with van der Waals surface area (Å²) in [7, 11) is 1.34. The minimum absolute atomic E-state index is 0.338. The maximum Gasteiger partial charge on any atom is 0.328 e. The predicted molar refractivity (Wildman–Crippen MR) is 54.8 cm³/mol. The molecule has 0 amide bonds. The summed E-state index contributed by atoms with van der Waals surface area (Å²) in [6.07, 6.45) is 3.08. The van der Waals surface area contributed by atoms with Crippen LogP contribution in [-0.2, 0) is 9.53 Å². The summed E-state index contributed by atoms with van der Waals surface area (Å²) in [4.78, 5) is 19.0. The molecule has 5 nitrogen and oxygen atoms in total. The summed E-state index contributed by atoms with van der Waals surface area (Å²) in [5.41, 5.74) is 0. The number of ether oxygens (including phenoxy) is 1. The van der Waals surface area contributed by atoms with Gasteiger partial charge in [-0.3, -0.25) is 0 Å². The van der Waals surface area contributed by atoms with E-state index in [1.165, 1.54) is 13.3 Å². The molecule has 1 aromatic heterocycles. The molecule has 0 aromatic carbocycles. The van der Waals surface area contributed by atoms with Gasteiger partial charge in [0, 0.05) is 0 Å². The molecule has 0 aliphatic rings. The van der Waals surface area contributed by atoms with E-state index in [2.05, 4.69) is 36.0 Å². The summed E-state index contributed by atoms with van der Waals surface area (Å²) >= 11 is 3.16. The van der Waals surface area contributed by atoms with E-state index in [9.17, 15) is 4.79 Å². The van der Waals surface area contributed by atoms with Crippen LogP contribution in [0.3, 0.4) is 0 Å². The fourth-order valence-corrected chi connectivity index (χ4v) is 1.05. The zero-order valence-electron chi connectivity index (χ0n) is 7.82. The van der Waals surface area contributed by atoms with Crippen molar-refractivity contribution in [2.75, 3.05) is 12.4 Å². The highest BCUT2D eigenvalue weighted by Gasteiger charge is 2.12. The Kier molecular flexibility index (Phi) is 3.82. The summed E-state index contributed by atoms with van der Waals surface area (Å²) in [5, 5.41) is 2.85. The summed E-state index contributed by atoms with van der Waals surface area (Å²) in [5.74, 6) is 0.195. The molecule has 0 fully saturated rings. The molecule has 1 atom stereocenters. The quantitative estimate of drug-likeness (QED) is 0.827. The predicted octanol–water partition coefficient (Wildman–Crippen LogP) is 1.21. The van der Waals surface area contributed by atoms with Crippen LogP contribution >= 0.6 is 15.9 Å². The zero-order valence-corrected chi connectivity index (χ0v) is 9.41. The van der Waals surface area contributed by atoms with Gasteiger partial charge in [-0.05, 0) is 22.9 Å². The van der Waals surface area contributed by atoms with Crippen molar-refractivity contribution in [2.45, 2.75) is 13.0 Å². The number of hydrogen-bond donors (Lipinski definition) is 1. The van der Waals surface area contributed by atoms with Crippen molar-refractivity contribution in [2.24, 2.45) is 0 Å². The van der Waals surface area contributed by atoms with Crippen LogP contribution in [0.2, 0.25) is 0 Å². The molecule has 0 spiro atoms. The van der Waals surface area contributed by atoms with Crippen LogP contribution < -0.4 is 5.32 Å². The molecule has 0 bridgehead atoms. The number of methoxy groups -OCH3 is 1. The Balaban J connectivity index is 2.60. The number of aromatic nitrogens is 2. The highest BCUT2D eigenvalue weighted by atomic mass is 79.9. The zero-order chi connectivity index (χ0) is 10.6. The number of carbonyl (C=O) groups excluding carboxylic acids is 1. The molecular formula is C8H10BrN3O2. The van der Waals surface area contributed by atoms with E-state index in [-0.39, 0.29) is 5.97 Å². The Morgan fingerprint density at radius 2 is 2.29 bits per heavy atom. The fourth-order valence-electron chi connectivity index (χ4n) is 0.844. The number of esters is 1. The second-order valence-corrected chi connectivity index (χ2v) is 3.43. The lowest BCUT2D eigenvalue weighted by Gasteiger charge is -2.11. The molecule has 1 rings (SSSR count). The number of anilines is 1. The first-order valence-corrected chi connectivity index (χ1v) is 4.74. The molecule has 6 heteroatoms. The molecule has 1 unspecified atom stereocenters. The maximum absolute atomic E-state index is 11.0. The Labute approximate surface area is 90.0 Å². The lowest BCUT2D eigenvalue weighted by molar-refractivity contribution is -0.141. The molecule has 0 radical (unpaired) electrons. The lowest BCUT2D eigenvalue weighted by Crippen LogP contribution is -2.27. The summed E-state index contributed by atoms with van der Waals surface area (Å²) < 4.78 is 5.20. The number of hydrogen-bond acceptors (Lipinski definition) is 5. The molecule has 1 aromatic rings. The van der Waals surface area contributed by atoms with Gasteiger partial charge in [0.1, 0.15) is 16.5 Å². The van der Waals surface area contributed by atoms with Gasteiger partial charge in [0.05, 0.1) is 19.5 Å². The van der Waals surface area contributed by atoms with E-state index in [0.717, 1.165) is 0 Å². The van der Waals surface area contributed by atoms with Crippen LogP contribution in [0.1, 0.15) is 6.92 Å². The van der Waals surface area contributed by atoms with Gasteiger partial charge in [-0.2, -0.15) is 0 Å². The van der Waals surface area contributed by atoms with E-state index < -0.39 is 6.04 Å². The van der Waals surface area contributed by atoms with Crippen LogP contribution in [0.5, 0.6) is 0 Å². The standard InChI is InChI=1S/C8H10BrN3O2/c1-5(8(13)14-2)12-7-4-10-6(9)3-11-7/h3-5H,1-2H3,(H,11,12). The molecule has 0 aliphatic carbocycles. The molecule has 1 heterocycles. The monoisotopic (exact) mass is 259 g/mol. The average Bonchev–Trinajstić information content (AvgIpc) is 2.20. The number of nitrogens with zero attached hydrogens (tertiary/aromatic N) is 2.